The molecule has 0 heterocycles. The molecule has 0 saturated carbocycles. The van der Waals surface area contributed by atoms with Gasteiger partial charge in [0.15, 0.2) is 0 Å². The van der Waals surface area contributed by atoms with Crippen LogP contribution in [-0.2, 0) is 6.42 Å². The third-order valence-corrected chi connectivity index (χ3v) is 2.86. The van der Waals surface area contributed by atoms with E-state index in [9.17, 15) is 5.11 Å². The predicted molar refractivity (Wildman–Crippen MR) is 73.6 cm³/mol. The van der Waals surface area contributed by atoms with Crippen LogP contribution in [0.4, 0.5) is 0 Å². The maximum atomic E-state index is 9.77. The van der Waals surface area contributed by atoms with E-state index in [4.69, 9.17) is 5.84 Å². The summed E-state index contributed by atoms with van der Waals surface area (Å²) in [7, 11) is 0. The van der Waals surface area contributed by atoms with Gasteiger partial charge >= 0.3 is 0 Å². The number of rotatable bonds is 4. The van der Waals surface area contributed by atoms with Crippen molar-refractivity contribution >= 4 is 5.71 Å². The van der Waals surface area contributed by atoms with Crippen LogP contribution in [0.1, 0.15) is 17.5 Å². The molecule has 0 amide bonds. The second-order valence-corrected chi connectivity index (χ2v) is 4.08. The quantitative estimate of drug-likeness (QED) is 0.490. The SMILES string of the molecule is N/N=C(\CCc1ccccc1)c1ccccc1O. The predicted octanol–water partition coefficient (Wildman–Crippen LogP) is 2.69. The molecule has 0 bridgehead atoms. The largest absolute Gasteiger partial charge is 0.507 e. The van der Waals surface area contributed by atoms with Gasteiger partial charge < -0.3 is 10.9 Å². The Morgan fingerprint density at radius 2 is 1.67 bits per heavy atom. The summed E-state index contributed by atoms with van der Waals surface area (Å²) in [4.78, 5) is 0. The van der Waals surface area contributed by atoms with Crippen molar-refractivity contribution in [2.45, 2.75) is 12.8 Å². The van der Waals surface area contributed by atoms with Gasteiger partial charge in [-0.2, -0.15) is 5.10 Å². The minimum Gasteiger partial charge on any atom is -0.507 e. The highest BCUT2D eigenvalue weighted by Gasteiger charge is 2.08. The Hall–Kier alpha value is -2.29. The van der Waals surface area contributed by atoms with Gasteiger partial charge in [0, 0.05) is 5.56 Å². The summed E-state index contributed by atoms with van der Waals surface area (Å²) in [5.41, 5.74) is 2.65. The minimum absolute atomic E-state index is 0.217. The molecule has 0 aliphatic heterocycles. The molecule has 0 fully saturated rings. The Kier molecular flexibility index (Phi) is 3.97. The van der Waals surface area contributed by atoms with E-state index in [1.165, 1.54) is 5.56 Å². The zero-order chi connectivity index (χ0) is 12.8. The maximum Gasteiger partial charge on any atom is 0.124 e. The fourth-order valence-corrected chi connectivity index (χ4v) is 1.89. The van der Waals surface area contributed by atoms with E-state index >= 15 is 0 Å². The van der Waals surface area contributed by atoms with Crippen LogP contribution >= 0.6 is 0 Å². The van der Waals surface area contributed by atoms with Crippen molar-refractivity contribution in [2.75, 3.05) is 0 Å². The number of phenolic OH excluding ortho intramolecular Hbond substituents is 1. The first-order valence-electron chi connectivity index (χ1n) is 5.90. The number of aryl methyl sites for hydroxylation is 1. The van der Waals surface area contributed by atoms with Crippen molar-refractivity contribution in [2.24, 2.45) is 10.9 Å². The van der Waals surface area contributed by atoms with Crippen LogP contribution in [0.3, 0.4) is 0 Å². The number of aromatic hydroxyl groups is 1. The van der Waals surface area contributed by atoms with Gasteiger partial charge in [-0.1, -0.05) is 42.5 Å². The number of hydrogen-bond acceptors (Lipinski definition) is 3. The van der Waals surface area contributed by atoms with Crippen LogP contribution < -0.4 is 5.84 Å². The van der Waals surface area contributed by atoms with Crippen molar-refractivity contribution in [3.63, 3.8) is 0 Å². The lowest BCUT2D eigenvalue weighted by atomic mass is 10.0. The Bertz CT molecular complexity index is 535. The smallest absolute Gasteiger partial charge is 0.124 e. The highest BCUT2D eigenvalue weighted by molar-refractivity contribution is 6.02. The molecule has 0 aliphatic rings. The number of hydrogen-bond donors (Lipinski definition) is 2. The minimum atomic E-state index is 0.217. The number of nitrogens with two attached hydrogens (primary N) is 1. The topological polar surface area (TPSA) is 58.6 Å². The van der Waals surface area contributed by atoms with Crippen molar-refractivity contribution in [3.8, 4) is 5.75 Å². The zero-order valence-corrected chi connectivity index (χ0v) is 10.1. The standard InChI is InChI=1S/C15H16N2O/c16-17-14(13-8-4-5-9-15(13)18)11-10-12-6-2-1-3-7-12/h1-9,18H,10-11,16H2/b17-14+. The molecule has 0 aliphatic carbocycles. The molecule has 2 aromatic carbocycles. The molecule has 3 nitrogen and oxygen atoms in total. The molecular formula is C15H16N2O. The second kappa shape index (κ2) is 5.87. The van der Waals surface area contributed by atoms with Gasteiger partial charge in [-0.3, -0.25) is 0 Å². The van der Waals surface area contributed by atoms with Crippen LogP contribution in [0, 0.1) is 0 Å². The first kappa shape index (κ1) is 12.2. The van der Waals surface area contributed by atoms with Crippen molar-refractivity contribution < 1.29 is 5.11 Å². The van der Waals surface area contributed by atoms with Crippen LogP contribution in [0.5, 0.6) is 5.75 Å². The van der Waals surface area contributed by atoms with E-state index in [1.54, 1.807) is 12.1 Å². The fourth-order valence-electron chi connectivity index (χ4n) is 1.89. The van der Waals surface area contributed by atoms with Gasteiger partial charge in [-0.15, -0.1) is 0 Å². The molecule has 0 atom stereocenters. The lowest BCUT2D eigenvalue weighted by Crippen LogP contribution is -2.06. The molecule has 0 unspecified atom stereocenters. The first-order valence-corrected chi connectivity index (χ1v) is 5.90. The summed E-state index contributed by atoms with van der Waals surface area (Å²) in [5.74, 6) is 5.63. The Labute approximate surface area is 107 Å². The molecular weight excluding hydrogens is 224 g/mol. The van der Waals surface area contributed by atoms with Gasteiger partial charge in [-0.05, 0) is 30.5 Å². The van der Waals surface area contributed by atoms with E-state index in [1.807, 2.05) is 30.3 Å². The molecule has 3 N–H and O–H groups in total. The monoisotopic (exact) mass is 240 g/mol. The first-order chi connectivity index (χ1) is 8.81. The lowest BCUT2D eigenvalue weighted by molar-refractivity contribution is 0.474. The average molecular weight is 240 g/mol. The summed E-state index contributed by atoms with van der Waals surface area (Å²) >= 11 is 0. The highest BCUT2D eigenvalue weighted by Crippen LogP contribution is 2.19. The van der Waals surface area contributed by atoms with Crippen LogP contribution in [0.15, 0.2) is 59.7 Å². The third kappa shape index (κ3) is 2.88. The zero-order valence-electron chi connectivity index (χ0n) is 10.1. The molecule has 2 aromatic rings. The van der Waals surface area contributed by atoms with Gasteiger partial charge in [-0.25, -0.2) is 0 Å². The van der Waals surface area contributed by atoms with Gasteiger partial charge in [0.05, 0.1) is 5.71 Å². The lowest BCUT2D eigenvalue weighted by Gasteiger charge is -2.07. The molecule has 18 heavy (non-hydrogen) atoms. The summed E-state index contributed by atoms with van der Waals surface area (Å²) < 4.78 is 0. The molecule has 0 spiro atoms. The number of para-hydroxylation sites is 1. The van der Waals surface area contributed by atoms with E-state index in [-0.39, 0.29) is 5.75 Å². The van der Waals surface area contributed by atoms with Gasteiger partial charge in [0.1, 0.15) is 5.75 Å². The normalized spacial score (nSPS) is 11.4. The maximum absolute atomic E-state index is 9.77. The van der Waals surface area contributed by atoms with Gasteiger partial charge in [0.2, 0.25) is 0 Å². The summed E-state index contributed by atoms with van der Waals surface area (Å²) in [6.07, 6.45) is 1.56. The summed E-state index contributed by atoms with van der Waals surface area (Å²) in [6.45, 7) is 0. The number of hydrazone groups is 1. The molecule has 0 aromatic heterocycles. The molecule has 0 radical (unpaired) electrons. The van der Waals surface area contributed by atoms with Crippen molar-refractivity contribution in [1.82, 2.24) is 0 Å². The van der Waals surface area contributed by atoms with E-state index in [2.05, 4.69) is 17.2 Å². The average Bonchev–Trinajstić information content (AvgIpc) is 2.42. The number of phenols is 1. The number of benzene rings is 2. The Balaban J connectivity index is 2.10. The van der Waals surface area contributed by atoms with Gasteiger partial charge in [0.25, 0.3) is 0 Å². The van der Waals surface area contributed by atoms with Crippen LogP contribution in [-0.4, -0.2) is 10.8 Å². The number of nitrogens with zero attached hydrogens (tertiary/aromatic N) is 1. The van der Waals surface area contributed by atoms with E-state index < -0.39 is 0 Å². The van der Waals surface area contributed by atoms with Crippen molar-refractivity contribution in [3.05, 3.63) is 65.7 Å². The molecule has 0 saturated heterocycles. The van der Waals surface area contributed by atoms with Crippen LogP contribution in [0.2, 0.25) is 0 Å². The van der Waals surface area contributed by atoms with Crippen molar-refractivity contribution in [1.29, 1.82) is 0 Å². The second-order valence-electron chi connectivity index (χ2n) is 4.08. The summed E-state index contributed by atoms with van der Waals surface area (Å²) in [6, 6.07) is 17.3. The van der Waals surface area contributed by atoms with E-state index in [0.717, 1.165) is 12.1 Å². The third-order valence-electron chi connectivity index (χ3n) is 2.86. The van der Waals surface area contributed by atoms with E-state index in [0.29, 0.717) is 12.0 Å². The molecule has 92 valence electrons. The summed E-state index contributed by atoms with van der Waals surface area (Å²) in [5, 5.41) is 13.6. The Morgan fingerprint density at radius 3 is 2.33 bits per heavy atom. The highest BCUT2D eigenvalue weighted by atomic mass is 16.3. The fraction of sp³-hybridized carbons (Fsp3) is 0.133. The Morgan fingerprint density at radius 1 is 1.00 bits per heavy atom. The molecule has 3 heteroatoms. The van der Waals surface area contributed by atoms with Crippen LogP contribution in [0.25, 0.3) is 0 Å². The molecule has 2 rings (SSSR count).